The summed E-state index contributed by atoms with van der Waals surface area (Å²) in [6.07, 6.45) is 1.64. The molecular formula is C8H10N4OS2. The lowest BCUT2D eigenvalue weighted by Crippen LogP contribution is -1.90. The first-order chi connectivity index (χ1) is 7.29. The molecule has 2 aromatic heterocycles. The first kappa shape index (κ1) is 10.4. The fourth-order valence-electron chi connectivity index (χ4n) is 1.02. The highest BCUT2D eigenvalue weighted by atomic mass is 32.2. The molecule has 0 saturated carbocycles. The molecule has 7 heteroatoms. The Hall–Kier alpha value is -1.08. The van der Waals surface area contributed by atoms with Gasteiger partial charge in [0.1, 0.15) is 17.0 Å². The first-order valence-electron chi connectivity index (χ1n) is 4.33. The minimum Gasteiger partial charge on any atom is -0.440 e. The van der Waals surface area contributed by atoms with Crippen LogP contribution in [0.4, 0.5) is 5.00 Å². The third-order valence-electron chi connectivity index (χ3n) is 1.71. The Morgan fingerprint density at radius 2 is 2.47 bits per heavy atom. The molecule has 0 fully saturated rings. The molecule has 0 unspecified atom stereocenters. The van der Waals surface area contributed by atoms with Crippen LogP contribution in [0.25, 0.3) is 0 Å². The van der Waals surface area contributed by atoms with Gasteiger partial charge in [-0.1, -0.05) is 16.3 Å². The van der Waals surface area contributed by atoms with Crippen LogP contribution in [0.5, 0.6) is 0 Å². The predicted molar refractivity (Wildman–Crippen MR) is 60.3 cm³/mol. The molecule has 1 N–H and O–H groups in total. The first-order valence-corrected chi connectivity index (χ1v) is 6.09. The topological polar surface area (TPSA) is 63.8 Å². The van der Waals surface area contributed by atoms with Gasteiger partial charge in [0.05, 0.1) is 11.4 Å². The molecular weight excluding hydrogens is 232 g/mol. The fourth-order valence-corrected chi connectivity index (χ4v) is 2.43. The van der Waals surface area contributed by atoms with E-state index in [1.54, 1.807) is 6.26 Å². The van der Waals surface area contributed by atoms with Gasteiger partial charge < -0.3 is 9.73 Å². The largest absolute Gasteiger partial charge is 0.440 e. The van der Waals surface area contributed by atoms with Crippen LogP contribution < -0.4 is 5.32 Å². The molecule has 0 aliphatic carbocycles. The monoisotopic (exact) mass is 242 g/mol. The smallest absolute Gasteiger partial charge is 0.256 e. The van der Waals surface area contributed by atoms with Crippen LogP contribution in [0.15, 0.2) is 15.9 Å². The van der Waals surface area contributed by atoms with Crippen LogP contribution in [0.3, 0.4) is 0 Å². The van der Waals surface area contributed by atoms with Gasteiger partial charge in [-0.15, -0.1) is 5.10 Å². The Labute approximate surface area is 95.5 Å². The maximum absolute atomic E-state index is 5.22. The van der Waals surface area contributed by atoms with Crippen LogP contribution in [0, 0.1) is 6.92 Å². The van der Waals surface area contributed by atoms with Gasteiger partial charge >= 0.3 is 0 Å². The number of oxazole rings is 1. The average molecular weight is 242 g/mol. The predicted octanol–water partition coefficient (Wildman–Crippen LogP) is 2.17. The van der Waals surface area contributed by atoms with Crippen molar-refractivity contribution in [3.63, 3.8) is 0 Å². The zero-order chi connectivity index (χ0) is 10.7. The summed E-state index contributed by atoms with van der Waals surface area (Å²) in [5, 5.41) is 8.73. The summed E-state index contributed by atoms with van der Waals surface area (Å²) in [6, 6.07) is 0. The van der Waals surface area contributed by atoms with Gasteiger partial charge in [-0.25, -0.2) is 4.98 Å². The van der Waals surface area contributed by atoms with Crippen molar-refractivity contribution >= 4 is 28.3 Å². The highest BCUT2D eigenvalue weighted by Crippen LogP contribution is 2.26. The number of rotatable bonds is 4. The molecule has 2 rings (SSSR count). The molecule has 2 heterocycles. The number of aromatic nitrogens is 3. The second-order valence-corrected chi connectivity index (χ2v) is 4.52. The van der Waals surface area contributed by atoms with Crippen molar-refractivity contribution in [3.8, 4) is 0 Å². The summed E-state index contributed by atoms with van der Waals surface area (Å²) in [7, 11) is 1.86. The van der Waals surface area contributed by atoms with Crippen LogP contribution in [-0.2, 0) is 5.75 Å². The Morgan fingerprint density at radius 1 is 1.60 bits per heavy atom. The van der Waals surface area contributed by atoms with Gasteiger partial charge in [-0.3, -0.25) is 0 Å². The maximum atomic E-state index is 5.22. The van der Waals surface area contributed by atoms with E-state index in [1.807, 2.05) is 14.0 Å². The molecule has 0 atom stereocenters. The van der Waals surface area contributed by atoms with Gasteiger partial charge in [0, 0.05) is 18.6 Å². The molecule has 0 saturated heterocycles. The second kappa shape index (κ2) is 4.63. The van der Waals surface area contributed by atoms with E-state index in [0.29, 0.717) is 11.0 Å². The lowest BCUT2D eigenvalue weighted by molar-refractivity contribution is 0.454. The third-order valence-corrected chi connectivity index (χ3v) is 3.35. The van der Waals surface area contributed by atoms with Gasteiger partial charge in [0.2, 0.25) is 0 Å². The summed E-state index contributed by atoms with van der Waals surface area (Å²) in [5.41, 5.74) is 1.83. The molecule has 0 aliphatic rings. The van der Waals surface area contributed by atoms with E-state index >= 15 is 0 Å². The molecule has 0 aromatic carbocycles. The van der Waals surface area contributed by atoms with Crippen molar-refractivity contribution in [2.75, 3.05) is 12.4 Å². The van der Waals surface area contributed by atoms with Crippen molar-refractivity contribution in [1.29, 1.82) is 0 Å². The minimum atomic E-state index is 0.669. The van der Waals surface area contributed by atoms with E-state index < -0.39 is 0 Å². The average Bonchev–Trinajstić information content (AvgIpc) is 2.83. The van der Waals surface area contributed by atoms with E-state index in [1.165, 1.54) is 23.3 Å². The summed E-state index contributed by atoms with van der Waals surface area (Å²) < 4.78 is 9.10. The summed E-state index contributed by atoms with van der Waals surface area (Å²) in [4.78, 5) is 4.20. The van der Waals surface area contributed by atoms with E-state index in [0.717, 1.165) is 16.4 Å². The zero-order valence-electron chi connectivity index (χ0n) is 8.35. The normalized spacial score (nSPS) is 10.5. The Kier molecular flexibility index (Phi) is 3.22. The highest BCUT2D eigenvalue weighted by Gasteiger charge is 2.08. The van der Waals surface area contributed by atoms with Crippen LogP contribution >= 0.6 is 23.3 Å². The number of hydrogen-bond acceptors (Lipinski definition) is 7. The van der Waals surface area contributed by atoms with Crippen molar-refractivity contribution in [2.24, 2.45) is 0 Å². The summed E-state index contributed by atoms with van der Waals surface area (Å²) in [6.45, 7) is 1.90. The minimum absolute atomic E-state index is 0.669. The SMILES string of the molecule is CNc1snnc1CSc1nc(C)co1. The van der Waals surface area contributed by atoms with E-state index in [9.17, 15) is 0 Å². The number of nitrogens with zero attached hydrogens (tertiary/aromatic N) is 3. The van der Waals surface area contributed by atoms with Gasteiger partial charge in [-0.2, -0.15) is 0 Å². The molecule has 0 radical (unpaired) electrons. The third kappa shape index (κ3) is 2.48. The molecule has 0 bridgehead atoms. The van der Waals surface area contributed by atoms with Crippen molar-refractivity contribution in [2.45, 2.75) is 17.9 Å². The highest BCUT2D eigenvalue weighted by molar-refractivity contribution is 7.98. The number of thioether (sulfide) groups is 1. The number of anilines is 1. The van der Waals surface area contributed by atoms with Gasteiger partial charge in [0.25, 0.3) is 5.22 Å². The molecule has 0 aliphatic heterocycles. The Bertz CT molecular complexity index is 439. The van der Waals surface area contributed by atoms with Crippen LogP contribution in [0.1, 0.15) is 11.4 Å². The van der Waals surface area contributed by atoms with Crippen LogP contribution in [0.2, 0.25) is 0 Å². The van der Waals surface area contributed by atoms with E-state index in [2.05, 4.69) is 19.9 Å². The van der Waals surface area contributed by atoms with E-state index in [-0.39, 0.29) is 0 Å². The lowest BCUT2D eigenvalue weighted by Gasteiger charge is -1.96. The molecule has 0 amide bonds. The standard InChI is InChI=1S/C8H10N4OS2/c1-5-3-13-8(10-5)14-4-6-7(9-2)15-12-11-6/h3,9H,4H2,1-2H3. The maximum Gasteiger partial charge on any atom is 0.256 e. The lowest BCUT2D eigenvalue weighted by atomic mass is 10.5. The number of hydrogen-bond donors (Lipinski definition) is 1. The zero-order valence-corrected chi connectivity index (χ0v) is 9.98. The van der Waals surface area contributed by atoms with Crippen molar-refractivity contribution in [3.05, 3.63) is 17.7 Å². The molecule has 0 spiro atoms. The van der Waals surface area contributed by atoms with Crippen molar-refractivity contribution in [1.82, 2.24) is 14.6 Å². The fraction of sp³-hybridized carbons (Fsp3) is 0.375. The molecule has 15 heavy (non-hydrogen) atoms. The Balaban J connectivity index is 1.98. The quantitative estimate of drug-likeness (QED) is 0.829. The number of aryl methyl sites for hydroxylation is 1. The van der Waals surface area contributed by atoms with Gasteiger partial charge in [0.15, 0.2) is 0 Å². The van der Waals surface area contributed by atoms with Crippen LogP contribution in [-0.4, -0.2) is 21.6 Å². The number of nitrogens with one attached hydrogen (secondary N) is 1. The summed E-state index contributed by atoms with van der Waals surface area (Å²) in [5.74, 6) is 0.715. The molecule has 80 valence electrons. The van der Waals surface area contributed by atoms with Gasteiger partial charge in [-0.05, 0) is 6.92 Å². The van der Waals surface area contributed by atoms with E-state index in [4.69, 9.17) is 4.42 Å². The summed E-state index contributed by atoms with van der Waals surface area (Å²) >= 11 is 2.87. The van der Waals surface area contributed by atoms with Crippen molar-refractivity contribution < 1.29 is 4.42 Å². The molecule has 2 aromatic rings. The Morgan fingerprint density at radius 3 is 3.13 bits per heavy atom. The second-order valence-electron chi connectivity index (χ2n) is 2.84. The molecule has 5 nitrogen and oxygen atoms in total.